The summed E-state index contributed by atoms with van der Waals surface area (Å²) < 4.78 is 56.5. The van der Waals surface area contributed by atoms with Crippen LogP contribution in [0, 0.1) is 0 Å². The molecule has 338 valence electrons. The number of nitrogens with one attached hydrogen (secondary N) is 3. The Hall–Kier alpha value is -6.54. The molecule has 0 unspecified atom stereocenters. The third kappa shape index (κ3) is 9.81. The number of benzene rings is 2. The Kier molecular flexibility index (Phi) is 13.1. The number of hydrogen-bond acceptors (Lipinski definition) is 14. The van der Waals surface area contributed by atoms with Crippen molar-refractivity contribution < 1.29 is 46.9 Å². The molecule has 2 amide bonds. The summed E-state index contributed by atoms with van der Waals surface area (Å²) >= 11 is 0. The first-order valence-electron chi connectivity index (χ1n) is 21.3. The summed E-state index contributed by atoms with van der Waals surface area (Å²) in [6, 6.07) is 22.8. The van der Waals surface area contributed by atoms with Gasteiger partial charge in [-0.3, -0.25) is 4.57 Å². The molecule has 2 aromatic carbocycles. The zero-order valence-electron chi connectivity index (χ0n) is 35.1. The van der Waals surface area contributed by atoms with Gasteiger partial charge >= 0.3 is 24.1 Å². The number of carbonyl (C=O) groups excluding carboxylic acids is 3. The second-order valence-corrected chi connectivity index (χ2v) is 16.0. The first-order chi connectivity index (χ1) is 30.9. The molecule has 0 bridgehead atoms. The molecule has 3 aromatic heterocycles. The van der Waals surface area contributed by atoms with E-state index in [-0.39, 0.29) is 42.2 Å². The summed E-state index contributed by atoms with van der Waals surface area (Å²) in [5.41, 5.74) is 3.03. The fraction of sp³-hybridized carbons (Fsp3) is 0.432. The molecule has 0 spiro atoms. The van der Waals surface area contributed by atoms with Crippen LogP contribution in [0.25, 0.3) is 11.2 Å². The molecule has 3 saturated heterocycles. The maximum absolute atomic E-state index is 13.3. The Morgan fingerprint density at radius 2 is 1.55 bits per heavy atom. The van der Waals surface area contributed by atoms with Crippen LogP contribution in [-0.4, -0.2) is 123 Å². The first-order valence-corrected chi connectivity index (χ1v) is 21.3. The Balaban J connectivity index is 0.972. The number of fused-ring (bicyclic) bond motifs is 1. The number of imidazole rings is 1. The minimum absolute atomic E-state index is 0.0599. The maximum Gasteiger partial charge on any atom is 0.490 e. The smallest absolute Gasteiger partial charge is 0.462 e. The van der Waals surface area contributed by atoms with Crippen LogP contribution in [0.3, 0.4) is 0 Å². The van der Waals surface area contributed by atoms with Crippen molar-refractivity contribution in [2.75, 3.05) is 54.4 Å². The SMILES string of the molecule is CCOC(=O)c1ccc(N2CCC(NC(=O)N[C@@H]3CCN(c4nc(NCC(c5ccccc5)c5ccccc5)c5ncn([C@@H]6O[C@H](C)[C@@H](OC(=O)C(F)(F)F)[C@H]6O)c5n4)C3)CC2)nc1. The normalized spacial score (nSPS) is 21.6. The van der Waals surface area contributed by atoms with Gasteiger partial charge in [-0.25, -0.2) is 24.4 Å². The number of aliphatic hydroxyl groups is 1. The monoisotopic (exact) mass is 886 g/mol. The third-order valence-corrected chi connectivity index (χ3v) is 11.7. The molecular weight excluding hydrogens is 838 g/mol. The Labute approximate surface area is 366 Å². The number of anilines is 3. The Bertz CT molecular complexity index is 2360. The molecule has 8 rings (SSSR count). The summed E-state index contributed by atoms with van der Waals surface area (Å²) in [6.45, 7) is 6.01. The summed E-state index contributed by atoms with van der Waals surface area (Å²) in [7, 11) is 0. The van der Waals surface area contributed by atoms with Gasteiger partial charge in [-0.2, -0.15) is 23.1 Å². The molecule has 0 radical (unpaired) electrons. The largest absolute Gasteiger partial charge is 0.490 e. The minimum atomic E-state index is -5.26. The topological polar surface area (TPSA) is 198 Å². The van der Waals surface area contributed by atoms with Crippen LogP contribution in [0.4, 0.5) is 35.5 Å². The van der Waals surface area contributed by atoms with Crippen molar-refractivity contribution in [3.05, 3.63) is 102 Å². The number of esters is 2. The van der Waals surface area contributed by atoms with Crippen LogP contribution >= 0.6 is 0 Å². The van der Waals surface area contributed by atoms with E-state index in [1.807, 2.05) is 65.6 Å². The van der Waals surface area contributed by atoms with Crippen molar-refractivity contribution in [2.24, 2.45) is 0 Å². The van der Waals surface area contributed by atoms with E-state index >= 15 is 0 Å². The van der Waals surface area contributed by atoms with Crippen molar-refractivity contribution in [2.45, 2.75) is 81.8 Å². The number of nitrogens with zero attached hydrogens (tertiary/aromatic N) is 7. The molecule has 17 nitrogen and oxygen atoms in total. The van der Waals surface area contributed by atoms with Crippen LogP contribution in [0.5, 0.6) is 0 Å². The van der Waals surface area contributed by atoms with E-state index in [0.717, 1.165) is 16.9 Å². The summed E-state index contributed by atoms with van der Waals surface area (Å²) in [4.78, 5) is 59.9. The average molecular weight is 887 g/mol. The lowest BCUT2D eigenvalue weighted by Crippen LogP contribution is -2.50. The molecule has 0 aliphatic carbocycles. The van der Waals surface area contributed by atoms with Crippen molar-refractivity contribution in [1.82, 2.24) is 35.1 Å². The number of ether oxygens (including phenoxy) is 3. The van der Waals surface area contributed by atoms with Gasteiger partial charge in [0.05, 0.1) is 24.6 Å². The molecule has 5 atom stereocenters. The van der Waals surface area contributed by atoms with Crippen LogP contribution < -0.4 is 25.8 Å². The van der Waals surface area contributed by atoms with E-state index in [4.69, 9.17) is 19.4 Å². The van der Waals surface area contributed by atoms with Gasteiger partial charge in [-0.15, -0.1) is 0 Å². The molecule has 3 aliphatic rings. The van der Waals surface area contributed by atoms with Gasteiger partial charge in [0, 0.05) is 56.9 Å². The van der Waals surface area contributed by atoms with Gasteiger partial charge in [0.25, 0.3) is 0 Å². The molecule has 5 aromatic rings. The Morgan fingerprint density at radius 1 is 0.891 bits per heavy atom. The second-order valence-electron chi connectivity index (χ2n) is 16.0. The summed E-state index contributed by atoms with van der Waals surface area (Å²) in [6.07, 6.45) is -6.14. The van der Waals surface area contributed by atoms with E-state index in [0.29, 0.717) is 68.9 Å². The Morgan fingerprint density at radius 3 is 2.19 bits per heavy atom. The van der Waals surface area contributed by atoms with E-state index in [9.17, 15) is 32.7 Å². The molecule has 4 N–H and O–H groups in total. The van der Waals surface area contributed by atoms with Crippen molar-refractivity contribution in [3.8, 4) is 0 Å². The maximum atomic E-state index is 13.3. The number of halogens is 3. The summed E-state index contributed by atoms with van der Waals surface area (Å²) in [5.74, 6) is -1.56. The van der Waals surface area contributed by atoms with E-state index < -0.39 is 42.7 Å². The highest BCUT2D eigenvalue weighted by Crippen LogP contribution is 2.36. The molecular formula is C44H49F3N10O7. The van der Waals surface area contributed by atoms with Crippen molar-refractivity contribution in [3.63, 3.8) is 0 Å². The number of pyridine rings is 1. The van der Waals surface area contributed by atoms with Gasteiger partial charge in [0.15, 0.2) is 29.3 Å². The number of piperidine rings is 1. The van der Waals surface area contributed by atoms with Crippen molar-refractivity contribution in [1.29, 1.82) is 0 Å². The van der Waals surface area contributed by atoms with Gasteiger partial charge in [0.1, 0.15) is 11.9 Å². The lowest BCUT2D eigenvalue weighted by atomic mass is 9.91. The van der Waals surface area contributed by atoms with Gasteiger partial charge in [0.2, 0.25) is 5.95 Å². The number of alkyl halides is 3. The minimum Gasteiger partial charge on any atom is -0.462 e. The number of amides is 2. The van der Waals surface area contributed by atoms with E-state index in [1.54, 1.807) is 19.1 Å². The van der Waals surface area contributed by atoms with E-state index in [2.05, 4.69) is 35.6 Å². The van der Waals surface area contributed by atoms with Crippen molar-refractivity contribution >= 4 is 46.7 Å². The average Bonchev–Trinajstić information content (AvgIpc) is 4.01. The predicted octanol–water partition coefficient (Wildman–Crippen LogP) is 4.94. The second kappa shape index (κ2) is 19.1. The van der Waals surface area contributed by atoms with Gasteiger partial charge < -0.3 is 45.1 Å². The fourth-order valence-electron chi connectivity index (χ4n) is 8.39. The van der Waals surface area contributed by atoms with Crippen LogP contribution in [0.15, 0.2) is 85.3 Å². The lowest BCUT2D eigenvalue weighted by Gasteiger charge is -2.33. The highest BCUT2D eigenvalue weighted by atomic mass is 19.4. The molecule has 3 fully saturated rings. The predicted molar refractivity (Wildman–Crippen MR) is 228 cm³/mol. The van der Waals surface area contributed by atoms with Crippen LogP contribution in [-0.2, 0) is 19.0 Å². The standard InChI is InChI=1S/C44H49F3N10O7/c1-3-62-40(59)29-14-15-33(48-22-29)55-19-16-30(17-20-55)51-43(61)52-31-18-21-56(24-31)42-53-37(49-23-32(27-10-6-4-7-11-27)28-12-8-5-9-13-28)34-38(54-42)57(25-50-34)39-35(58)36(26(2)63-39)64-41(60)44(45,46)47/h4-15,22,25-26,30-32,35-36,39,58H,3,16-21,23-24H2,1-2H3,(H,49,53,54)(H2,51,52,61)/t26-,31-,35-,36-,39-/m1/s1. The zero-order chi connectivity index (χ0) is 45.0. The van der Waals surface area contributed by atoms with Crippen LogP contribution in [0.1, 0.15) is 66.7 Å². The quantitative estimate of drug-likeness (QED) is 0.116. The molecule has 3 aliphatic heterocycles. The number of aliphatic hydroxyl groups excluding tert-OH is 1. The first kappa shape index (κ1) is 44.1. The third-order valence-electron chi connectivity index (χ3n) is 11.7. The molecule has 0 saturated carbocycles. The van der Waals surface area contributed by atoms with Crippen LogP contribution in [0.2, 0.25) is 0 Å². The number of aromatic nitrogens is 5. The highest BCUT2D eigenvalue weighted by molar-refractivity contribution is 5.89. The van der Waals surface area contributed by atoms with Gasteiger partial charge in [-0.1, -0.05) is 60.7 Å². The summed E-state index contributed by atoms with van der Waals surface area (Å²) in [5, 5.41) is 20.9. The lowest BCUT2D eigenvalue weighted by molar-refractivity contribution is -0.209. The molecule has 20 heteroatoms. The zero-order valence-corrected chi connectivity index (χ0v) is 35.1. The fourth-order valence-corrected chi connectivity index (χ4v) is 8.39. The number of hydrogen-bond donors (Lipinski definition) is 4. The number of urea groups is 1. The molecule has 6 heterocycles. The number of rotatable bonds is 13. The van der Waals surface area contributed by atoms with Gasteiger partial charge in [-0.05, 0) is 56.4 Å². The highest BCUT2D eigenvalue weighted by Gasteiger charge is 2.50. The van der Waals surface area contributed by atoms with E-state index in [1.165, 1.54) is 24.0 Å². The molecule has 64 heavy (non-hydrogen) atoms. The number of carbonyl (C=O) groups is 3.